The number of hydrogen-bond acceptors (Lipinski definition) is 2. The smallest absolute Gasteiger partial charge is 0.00504 e. The van der Waals surface area contributed by atoms with E-state index in [1.807, 2.05) is 0 Å². The largest absolute Gasteiger partial charge is 0.314 e. The summed E-state index contributed by atoms with van der Waals surface area (Å²) in [5.41, 5.74) is 0.548. The van der Waals surface area contributed by atoms with Crippen molar-refractivity contribution in [3.63, 3.8) is 0 Å². The molecule has 3 atom stereocenters. The molecule has 2 aliphatic rings. The predicted molar refractivity (Wildman–Crippen MR) is 83.4 cm³/mol. The van der Waals surface area contributed by atoms with Gasteiger partial charge < -0.3 is 10.2 Å². The maximum Gasteiger partial charge on any atom is 0.00504 e. The molecule has 1 heterocycles. The van der Waals surface area contributed by atoms with Crippen LogP contribution in [0.1, 0.15) is 59.8 Å². The minimum absolute atomic E-state index is 0.548. The third-order valence-corrected chi connectivity index (χ3v) is 5.14. The average molecular weight is 266 g/mol. The van der Waals surface area contributed by atoms with Gasteiger partial charge in [-0.15, -0.1) is 0 Å². The molecule has 1 aliphatic carbocycles. The Morgan fingerprint density at radius 2 is 2.00 bits per heavy atom. The lowest BCUT2D eigenvalue weighted by molar-refractivity contribution is 0.0876. The number of rotatable bonds is 5. The molecule has 112 valence electrons. The molecule has 0 aromatic carbocycles. The minimum Gasteiger partial charge on any atom is -0.314 e. The molecular weight excluding hydrogens is 232 g/mol. The lowest BCUT2D eigenvalue weighted by atomic mass is 9.69. The molecular formula is C17H34N2. The molecule has 1 aliphatic heterocycles. The van der Waals surface area contributed by atoms with Crippen molar-refractivity contribution in [2.24, 2.45) is 17.3 Å². The van der Waals surface area contributed by atoms with Gasteiger partial charge in [0.1, 0.15) is 0 Å². The van der Waals surface area contributed by atoms with Crippen molar-refractivity contribution in [1.82, 2.24) is 10.2 Å². The summed E-state index contributed by atoms with van der Waals surface area (Å²) in [6.07, 6.45) is 7.15. The van der Waals surface area contributed by atoms with Crippen LogP contribution in [0, 0.1) is 17.3 Å². The quantitative estimate of drug-likeness (QED) is 0.819. The van der Waals surface area contributed by atoms with Gasteiger partial charge in [-0.3, -0.25) is 0 Å². The molecule has 1 saturated heterocycles. The third kappa shape index (κ3) is 4.46. The summed E-state index contributed by atoms with van der Waals surface area (Å²) < 4.78 is 0. The van der Waals surface area contributed by atoms with E-state index in [9.17, 15) is 0 Å². The monoisotopic (exact) mass is 266 g/mol. The van der Waals surface area contributed by atoms with Crippen molar-refractivity contribution in [3.05, 3.63) is 0 Å². The van der Waals surface area contributed by atoms with Crippen LogP contribution < -0.4 is 5.32 Å². The molecule has 0 spiro atoms. The second-order valence-corrected chi connectivity index (χ2v) is 7.87. The van der Waals surface area contributed by atoms with Crippen LogP contribution in [0.4, 0.5) is 0 Å². The molecule has 0 amide bonds. The van der Waals surface area contributed by atoms with Gasteiger partial charge >= 0.3 is 0 Å². The SMILES string of the molecule is CC1CCN(CC2(CNC(C)C)CCCC(C)C2)C1. The van der Waals surface area contributed by atoms with Crippen LogP contribution in [0.15, 0.2) is 0 Å². The molecule has 2 rings (SSSR count). The zero-order valence-corrected chi connectivity index (χ0v) is 13.5. The molecule has 19 heavy (non-hydrogen) atoms. The van der Waals surface area contributed by atoms with Crippen LogP contribution in [0.3, 0.4) is 0 Å². The molecule has 0 radical (unpaired) electrons. The maximum atomic E-state index is 3.74. The first-order valence-electron chi connectivity index (χ1n) is 8.45. The van der Waals surface area contributed by atoms with Gasteiger partial charge in [0.25, 0.3) is 0 Å². The Morgan fingerprint density at radius 1 is 1.21 bits per heavy atom. The standard InChI is InChI=1S/C17H34N2/c1-14(2)18-12-17(8-5-6-15(3)10-17)13-19-9-7-16(4)11-19/h14-16,18H,5-13H2,1-4H3. The minimum atomic E-state index is 0.548. The normalized spacial score (nSPS) is 37.1. The second kappa shape index (κ2) is 6.58. The summed E-state index contributed by atoms with van der Waals surface area (Å²) >= 11 is 0. The van der Waals surface area contributed by atoms with E-state index in [1.54, 1.807) is 0 Å². The second-order valence-electron chi connectivity index (χ2n) is 7.87. The van der Waals surface area contributed by atoms with Gasteiger partial charge in [-0.2, -0.15) is 0 Å². The Morgan fingerprint density at radius 3 is 2.58 bits per heavy atom. The first-order valence-corrected chi connectivity index (χ1v) is 8.45. The number of nitrogens with one attached hydrogen (secondary N) is 1. The van der Waals surface area contributed by atoms with Gasteiger partial charge in [-0.05, 0) is 43.1 Å². The van der Waals surface area contributed by atoms with E-state index in [0.29, 0.717) is 11.5 Å². The number of likely N-dealkylation sites (tertiary alicyclic amines) is 1. The van der Waals surface area contributed by atoms with Gasteiger partial charge in [0.15, 0.2) is 0 Å². The van der Waals surface area contributed by atoms with E-state index in [2.05, 4.69) is 37.9 Å². The Hall–Kier alpha value is -0.0800. The van der Waals surface area contributed by atoms with Crippen LogP contribution >= 0.6 is 0 Å². The molecule has 2 heteroatoms. The van der Waals surface area contributed by atoms with Crippen molar-refractivity contribution in [2.75, 3.05) is 26.2 Å². The van der Waals surface area contributed by atoms with E-state index in [-0.39, 0.29) is 0 Å². The van der Waals surface area contributed by atoms with Crippen molar-refractivity contribution >= 4 is 0 Å². The van der Waals surface area contributed by atoms with Crippen LogP contribution in [0.2, 0.25) is 0 Å². The molecule has 1 N–H and O–H groups in total. The van der Waals surface area contributed by atoms with E-state index >= 15 is 0 Å². The Balaban J connectivity index is 1.96. The van der Waals surface area contributed by atoms with Crippen molar-refractivity contribution < 1.29 is 0 Å². The first kappa shape index (κ1) is 15.3. The molecule has 0 aromatic rings. The molecule has 3 unspecified atom stereocenters. The summed E-state index contributed by atoms with van der Waals surface area (Å²) in [6.45, 7) is 14.6. The van der Waals surface area contributed by atoms with Gasteiger partial charge in [-0.25, -0.2) is 0 Å². The number of nitrogens with zero attached hydrogens (tertiary/aromatic N) is 1. The van der Waals surface area contributed by atoms with Crippen LogP contribution in [0.25, 0.3) is 0 Å². The highest BCUT2D eigenvalue weighted by molar-refractivity contribution is 4.91. The molecule has 1 saturated carbocycles. The third-order valence-electron chi connectivity index (χ3n) is 5.14. The van der Waals surface area contributed by atoms with Crippen LogP contribution in [0.5, 0.6) is 0 Å². The van der Waals surface area contributed by atoms with Crippen LogP contribution in [-0.2, 0) is 0 Å². The highest BCUT2D eigenvalue weighted by atomic mass is 15.2. The predicted octanol–water partition coefficient (Wildman–Crippen LogP) is 3.52. The molecule has 0 aromatic heterocycles. The summed E-state index contributed by atoms with van der Waals surface area (Å²) in [4.78, 5) is 2.74. The molecule has 2 nitrogen and oxygen atoms in total. The van der Waals surface area contributed by atoms with Gasteiger partial charge in [0, 0.05) is 25.7 Å². The average Bonchev–Trinajstić information content (AvgIpc) is 2.72. The zero-order valence-electron chi connectivity index (χ0n) is 13.5. The fourth-order valence-corrected chi connectivity index (χ4v) is 4.19. The highest BCUT2D eigenvalue weighted by Gasteiger charge is 2.37. The summed E-state index contributed by atoms with van der Waals surface area (Å²) in [5.74, 6) is 1.83. The first-order chi connectivity index (χ1) is 8.99. The van der Waals surface area contributed by atoms with Crippen molar-refractivity contribution in [2.45, 2.75) is 65.8 Å². The van der Waals surface area contributed by atoms with Crippen molar-refractivity contribution in [1.29, 1.82) is 0 Å². The Kier molecular flexibility index (Phi) is 5.30. The fraction of sp³-hybridized carbons (Fsp3) is 1.00. The van der Waals surface area contributed by atoms with Crippen LogP contribution in [-0.4, -0.2) is 37.1 Å². The summed E-state index contributed by atoms with van der Waals surface area (Å²) in [6, 6.07) is 0.617. The van der Waals surface area contributed by atoms with Gasteiger partial charge in [0.2, 0.25) is 0 Å². The maximum absolute atomic E-state index is 3.74. The van der Waals surface area contributed by atoms with E-state index < -0.39 is 0 Å². The Bertz CT molecular complexity index is 276. The Labute approximate surface area is 120 Å². The summed E-state index contributed by atoms with van der Waals surface area (Å²) in [5, 5.41) is 3.74. The fourth-order valence-electron chi connectivity index (χ4n) is 4.19. The number of hydrogen-bond donors (Lipinski definition) is 1. The van der Waals surface area contributed by atoms with E-state index in [0.717, 1.165) is 11.8 Å². The molecule has 2 fully saturated rings. The molecule has 0 bridgehead atoms. The topological polar surface area (TPSA) is 15.3 Å². The van der Waals surface area contributed by atoms with E-state index in [1.165, 1.54) is 58.3 Å². The zero-order chi connectivity index (χ0) is 13.9. The van der Waals surface area contributed by atoms with Crippen molar-refractivity contribution in [3.8, 4) is 0 Å². The van der Waals surface area contributed by atoms with Gasteiger partial charge in [0.05, 0.1) is 0 Å². The summed E-state index contributed by atoms with van der Waals surface area (Å²) in [7, 11) is 0. The van der Waals surface area contributed by atoms with Gasteiger partial charge in [-0.1, -0.05) is 40.5 Å². The lowest BCUT2D eigenvalue weighted by Gasteiger charge is -2.43. The van der Waals surface area contributed by atoms with E-state index in [4.69, 9.17) is 0 Å². The lowest BCUT2D eigenvalue weighted by Crippen LogP contribution is -2.47. The highest BCUT2D eigenvalue weighted by Crippen LogP contribution is 2.40.